The molecule has 4 aromatic carbocycles. The summed E-state index contributed by atoms with van der Waals surface area (Å²) in [5, 5.41) is 25.4. The summed E-state index contributed by atoms with van der Waals surface area (Å²) in [7, 11) is 0. The van der Waals surface area contributed by atoms with Crippen LogP contribution in [0, 0.1) is 5.92 Å². The fourth-order valence-corrected chi connectivity index (χ4v) is 6.37. The Labute approximate surface area is 193 Å². The summed E-state index contributed by atoms with van der Waals surface area (Å²) in [6.45, 7) is 0. The summed E-state index contributed by atoms with van der Waals surface area (Å²) in [6, 6.07) is 36.1. The maximum Gasteiger partial charge on any atom is 0.170 e. The third-order valence-corrected chi connectivity index (χ3v) is 7.64. The molecule has 1 saturated carbocycles. The van der Waals surface area contributed by atoms with Gasteiger partial charge in [-0.3, -0.25) is 4.79 Å². The highest BCUT2D eigenvalue weighted by molar-refractivity contribution is 6.05. The standard InChI is InChI=1S/C30H24O3/c31-28-23-18-10-11-19-24(23)30(33)27(28)25(20-12-4-1-5-13-20)26(21-14-6-2-7-15-21)29(30,32)22-16-8-3-9-17-22/h1-19,25-27,32-33H/t25-,26+,27+,29-,30-/m1/s1. The monoisotopic (exact) mass is 432 g/mol. The molecule has 0 unspecified atom stereocenters. The number of benzene rings is 4. The van der Waals surface area contributed by atoms with Gasteiger partial charge in [0.1, 0.15) is 11.2 Å². The smallest absolute Gasteiger partial charge is 0.170 e. The topological polar surface area (TPSA) is 57.5 Å². The van der Waals surface area contributed by atoms with E-state index < -0.39 is 29.0 Å². The van der Waals surface area contributed by atoms with Crippen LogP contribution in [0.15, 0.2) is 115 Å². The predicted molar refractivity (Wildman–Crippen MR) is 127 cm³/mol. The molecule has 0 heterocycles. The number of aliphatic hydroxyl groups is 2. The number of rotatable bonds is 3. The molecule has 0 aliphatic heterocycles. The largest absolute Gasteiger partial charge is 0.381 e. The molecule has 0 saturated heterocycles. The quantitative estimate of drug-likeness (QED) is 0.470. The Hall–Kier alpha value is -3.53. The zero-order chi connectivity index (χ0) is 22.6. The number of carbonyl (C=O) groups is 1. The van der Waals surface area contributed by atoms with E-state index in [1.54, 1.807) is 12.1 Å². The Morgan fingerprint density at radius 1 is 0.545 bits per heavy atom. The second-order valence-corrected chi connectivity index (χ2v) is 9.11. The minimum atomic E-state index is -1.77. The fourth-order valence-electron chi connectivity index (χ4n) is 6.37. The molecule has 6 rings (SSSR count). The number of ketones is 1. The van der Waals surface area contributed by atoms with Gasteiger partial charge in [-0.25, -0.2) is 0 Å². The van der Waals surface area contributed by atoms with Crippen LogP contribution in [-0.4, -0.2) is 16.0 Å². The molecule has 0 bridgehead atoms. The zero-order valence-corrected chi connectivity index (χ0v) is 18.0. The van der Waals surface area contributed by atoms with Crippen molar-refractivity contribution in [1.82, 2.24) is 0 Å². The molecule has 1 fully saturated rings. The number of carbonyl (C=O) groups excluding carboxylic acids is 1. The van der Waals surface area contributed by atoms with Gasteiger partial charge in [0.2, 0.25) is 0 Å². The van der Waals surface area contributed by atoms with Crippen LogP contribution in [0.25, 0.3) is 0 Å². The highest BCUT2D eigenvalue weighted by Gasteiger charge is 2.75. The van der Waals surface area contributed by atoms with E-state index in [4.69, 9.17) is 0 Å². The van der Waals surface area contributed by atoms with Crippen LogP contribution in [0.4, 0.5) is 0 Å². The first kappa shape index (κ1) is 20.1. The van der Waals surface area contributed by atoms with Gasteiger partial charge in [-0.2, -0.15) is 0 Å². The van der Waals surface area contributed by atoms with Crippen LogP contribution < -0.4 is 0 Å². The molecular formula is C30H24O3. The van der Waals surface area contributed by atoms with E-state index in [0.29, 0.717) is 16.7 Å². The summed E-state index contributed by atoms with van der Waals surface area (Å²) in [5.74, 6) is -1.87. The lowest BCUT2D eigenvalue weighted by Crippen LogP contribution is -2.49. The first-order valence-corrected chi connectivity index (χ1v) is 11.3. The molecule has 3 nitrogen and oxygen atoms in total. The zero-order valence-electron chi connectivity index (χ0n) is 18.0. The maximum absolute atomic E-state index is 13.9. The normalized spacial score (nSPS) is 30.1. The van der Waals surface area contributed by atoms with E-state index in [1.807, 2.05) is 103 Å². The number of fused-ring (bicyclic) bond motifs is 3. The van der Waals surface area contributed by atoms with Crippen molar-refractivity contribution in [3.63, 3.8) is 0 Å². The number of hydrogen-bond donors (Lipinski definition) is 2. The number of hydrogen-bond acceptors (Lipinski definition) is 3. The minimum absolute atomic E-state index is 0.116. The van der Waals surface area contributed by atoms with Crippen LogP contribution in [0.3, 0.4) is 0 Å². The van der Waals surface area contributed by atoms with E-state index in [-0.39, 0.29) is 5.78 Å². The SMILES string of the molecule is O=C1c2ccccc2[C@@]2(O)[C@H]1[C@H](c1ccccc1)[C@H](c1ccccc1)[C@]2(O)c1ccccc1. The predicted octanol–water partition coefficient (Wildman–Crippen LogP) is 5.16. The van der Waals surface area contributed by atoms with Crippen LogP contribution in [0.5, 0.6) is 0 Å². The summed E-state index contributed by atoms with van der Waals surface area (Å²) in [6.07, 6.45) is 0. The van der Waals surface area contributed by atoms with Gasteiger partial charge in [0, 0.05) is 17.4 Å². The van der Waals surface area contributed by atoms with Crippen molar-refractivity contribution in [1.29, 1.82) is 0 Å². The van der Waals surface area contributed by atoms with Crippen LogP contribution >= 0.6 is 0 Å². The molecule has 0 spiro atoms. The summed E-state index contributed by atoms with van der Waals surface area (Å²) in [5.41, 5.74) is -0.0630. The van der Waals surface area contributed by atoms with Crippen molar-refractivity contribution in [2.24, 2.45) is 5.92 Å². The first-order chi connectivity index (χ1) is 16.1. The Balaban J connectivity index is 1.73. The summed E-state index contributed by atoms with van der Waals surface area (Å²) >= 11 is 0. The van der Waals surface area contributed by atoms with Gasteiger partial charge >= 0.3 is 0 Å². The lowest BCUT2D eigenvalue weighted by Gasteiger charge is -2.42. The summed E-state index contributed by atoms with van der Waals surface area (Å²) < 4.78 is 0. The Bertz CT molecular complexity index is 1320. The van der Waals surface area contributed by atoms with Gasteiger partial charge in [-0.1, -0.05) is 115 Å². The average molecular weight is 433 g/mol. The van der Waals surface area contributed by atoms with Gasteiger partial charge in [0.05, 0.1) is 5.92 Å². The Morgan fingerprint density at radius 3 is 1.70 bits per heavy atom. The second-order valence-electron chi connectivity index (χ2n) is 9.11. The molecule has 162 valence electrons. The third kappa shape index (κ3) is 2.55. The molecule has 0 aromatic heterocycles. The van der Waals surface area contributed by atoms with E-state index >= 15 is 0 Å². The highest BCUT2D eigenvalue weighted by Crippen LogP contribution is 2.70. The molecule has 3 heteroatoms. The lowest BCUT2D eigenvalue weighted by molar-refractivity contribution is -0.159. The molecule has 4 aromatic rings. The van der Waals surface area contributed by atoms with Crippen LogP contribution in [-0.2, 0) is 11.2 Å². The lowest BCUT2D eigenvalue weighted by atomic mass is 9.69. The third-order valence-electron chi connectivity index (χ3n) is 7.64. The first-order valence-electron chi connectivity index (χ1n) is 11.3. The van der Waals surface area contributed by atoms with Gasteiger partial charge in [0.15, 0.2) is 5.78 Å². The Morgan fingerprint density at radius 2 is 1.06 bits per heavy atom. The van der Waals surface area contributed by atoms with Gasteiger partial charge in [0.25, 0.3) is 0 Å². The van der Waals surface area contributed by atoms with Crippen LogP contribution in [0.2, 0.25) is 0 Å². The van der Waals surface area contributed by atoms with Gasteiger partial charge in [-0.15, -0.1) is 0 Å². The molecule has 2 N–H and O–H groups in total. The van der Waals surface area contributed by atoms with Crippen molar-refractivity contribution in [2.45, 2.75) is 23.0 Å². The molecule has 33 heavy (non-hydrogen) atoms. The fraction of sp³-hybridized carbons (Fsp3) is 0.167. The van der Waals surface area contributed by atoms with Crippen LogP contribution in [0.1, 0.15) is 44.4 Å². The van der Waals surface area contributed by atoms with Gasteiger partial charge < -0.3 is 10.2 Å². The Kier molecular flexibility index (Phi) is 4.41. The molecule has 0 amide bonds. The van der Waals surface area contributed by atoms with E-state index in [1.165, 1.54) is 0 Å². The van der Waals surface area contributed by atoms with Crippen molar-refractivity contribution in [2.75, 3.05) is 0 Å². The molecule has 0 radical (unpaired) electrons. The van der Waals surface area contributed by atoms with E-state index in [2.05, 4.69) is 0 Å². The molecular weight excluding hydrogens is 408 g/mol. The molecule has 2 aliphatic carbocycles. The molecule has 2 aliphatic rings. The second kappa shape index (κ2) is 7.24. The molecule has 5 atom stereocenters. The number of Topliss-reactive ketones (excluding diaryl/α,β-unsaturated/α-hetero) is 1. The maximum atomic E-state index is 13.9. The van der Waals surface area contributed by atoms with Crippen molar-refractivity contribution >= 4 is 5.78 Å². The van der Waals surface area contributed by atoms with Crippen molar-refractivity contribution in [3.8, 4) is 0 Å². The summed E-state index contributed by atoms with van der Waals surface area (Å²) in [4.78, 5) is 13.9. The van der Waals surface area contributed by atoms with E-state index in [9.17, 15) is 15.0 Å². The average Bonchev–Trinajstić information content (AvgIpc) is 3.24. The minimum Gasteiger partial charge on any atom is -0.381 e. The van der Waals surface area contributed by atoms with Gasteiger partial charge in [-0.05, 0) is 22.3 Å². The highest BCUT2D eigenvalue weighted by atomic mass is 16.4. The van der Waals surface area contributed by atoms with Crippen molar-refractivity contribution < 1.29 is 15.0 Å². The van der Waals surface area contributed by atoms with Crippen molar-refractivity contribution in [3.05, 3.63) is 143 Å². The van der Waals surface area contributed by atoms with E-state index in [0.717, 1.165) is 11.1 Å².